The Balaban J connectivity index is 0. The maximum Gasteiger partial charge on any atom is 0.231 e. The lowest BCUT2D eigenvalue weighted by atomic mass is 10.6. The maximum absolute atomic E-state index is 8.35. The Morgan fingerprint density at radius 3 is 1.50 bits per heavy atom. The molecule has 1 fully saturated rings. The van der Waals surface area contributed by atoms with Gasteiger partial charge in [0.2, 0.25) is 12.2 Å². The summed E-state index contributed by atoms with van der Waals surface area (Å²) < 4.78 is 4.71. The average molecular weight is 144 g/mol. The van der Waals surface area contributed by atoms with Crippen LogP contribution >= 0.6 is 0 Å². The van der Waals surface area contributed by atoms with Gasteiger partial charge in [0.15, 0.2) is 0 Å². The van der Waals surface area contributed by atoms with Gasteiger partial charge in [0, 0.05) is 0 Å². The largest absolute Gasteiger partial charge is 0.373 e. The van der Waals surface area contributed by atoms with E-state index in [4.69, 9.17) is 25.1 Å². The van der Waals surface area contributed by atoms with Gasteiger partial charge in [-0.2, -0.15) is 0 Å². The van der Waals surface area contributed by atoms with E-state index in [9.17, 15) is 0 Å². The highest BCUT2D eigenvalue weighted by atomic mass is 16.6. The molecule has 0 aliphatic carbocycles. The molecule has 0 spiro atoms. The predicted molar refractivity (Wildman–Crippen MR) is 32.2 cm³/mol. The molecule has 2 N–H and O–H groups in total. The van der Waals surface area contributed by atoms with Crippen molar-refractivity contribution in [3.05, 3.63) is 0 Å². The number of isocyanates is 2. The molecule has 0 bridgehead atoms. The number of carbonyl (C=O) groups excluding carboxylic acids is 2. The summed E-state index contributed by atoms with van der Waals surface area (Å²) in [5, 5.41) is 10.8. The molecule has 0 aromatic rings. The number of hydrogen-bond donors (Lipinski definition) is 2. The van der Waals surface area contributed by atoms with Gasteiger partial charge in [0.1, 0.15) is 0 Å². The van der Waals surface area contributed by atoms with Crippen LogP contribution in [-0.2, 0) is 14.3 Å². The molecule has 56 valence electrons. The van der Waals surface area contributed by atoms with Gasteiger partial charge >= 0.3 is 0 Å². The van der Waals surface area contributed by atoms with E-state index in [1.165, 1.54) is 0 Å². The van der Waals surface area contributed by atoms with Gasteiger partial charge < -0.3 is 4.74 Å². The fraction of sp³-hybridized carbons (Fsp3) is 0.600. The summed E-state index contributed by atoms with van der Waals surface area (Å²) >= 11 is 0. The second-order valence-electron chi connectivity index (χ2n) is 1.35. The molecular weight excluding hydrogens is 136 g/mol. The molecule has 0 amide bonds. The van der Waals surface area contributed by atoms with Crippen molar-refractivity contribution in [2.24, 2.45) is 0 Å². The number of epoxide rings is 1. The molecule has 1 saturated heterocycles. The Morgan fingerprint density at radius 1 is 1.40 bits per heavy atom. The minimum absolute atomic E-state index is 0.583. The first-order valence-electron chi connectivity index (χ1n) is 2.42. The van der Waals surface area contributed by atoms with Crippen LogP contribution in [0.5, 0.6) is 0 Å². The molecule has 1 atom stereocenters. The number of hydrogen-bond acceptors (Lipinski definition) is 5. The zero-order valence-electron chi connectivity index (χ0n) is 5.51. The van der Waals surface area contributed by atoms with Gasteiger partial charge in [-0.15, -0.1) is 0 Å². The van der Waals surface area contributed by atoms with Crippen molar-refractivity contribution >= 4 is 12.2 Å². The van der Waals surface area contributed by atoms with E-state index in [0.29, 0.717) is 6.10 Å². The van der Waals surface area contributed by atoms with Crippen LogP contribution in [0.4, 0.5) is 0 Å². The van der Waals surface area contributed by atoms with Crippen LogP contribution in [0.15, 0.2) is 0 Å². The minimum Gasteiger partial charge on any atom is -0.373 e. The molecule has 1 heterocycles. The first kappa shape index (κ1) is 11.5. The number of ether oxygens (including phenoxy) is 1. The fourth-order valence-electron chi connectivity index (χ4n) is 0.0962. The molecule has 5 nitrogen and oxygen atoms in total. The molecule has 1 rings (SSSR count). The fourth-order valence-corrected chi connectivity index (χ4v) is 0.0962. The maximum atomic E-state index is 8.35. The van der Waals surface area contributed by atoms with Crippen molar-refractivity contribution in [2.75, 3.05) is 6.61 Å². The molecule has 5 heteroatoms. The molecule has 10 heavy (non-hydrogen) atoms. The standard InChI is InChI=1S/C3H6O.2CHNO/c1-3-2-4-3;2*2-1-3/h3H,2H2,1H3;2*2H. The van der Waals surface area contributed by atoms with Gasteiger partial charge in [0.25, 0.3) is 0 Å². The van der Waals surface area contributed by atoms with Gasteiger partial charge in [-0.25, -0.2) is 20.4 Å². The summed E-state index contributed by atoms with van der Waals surface area (Å²) in [6.45, 7) is 3.04. The Labute approximate surface area is 58.0 Å². The molecule has 1 unspecified atom stereocenters. The number of nitrogens with one attached hydrogen (secondary N) is 2. The second-order valence-corrected chi connectivity index (χ2v) is 1.35. The molecule has 0 saturated carbocycles. The summed E-state index contributed by atoms with van der Waals surface area (Å²) in [6.07, 6.45) is 2.08. The van der Waals surface area contributed by atoms with E-state index < -0.39 is 0 Å². The monoisotopic (exact) mass is 144 g/mol. The molecular formula is C5H8N2O3. The van der Waals surface area contributed by atoms with Crippen molar-refractivity contribution in [1.29, 1.82) is 10.8 Å². The van der Waals surface area contributed by atoms with Crippen molar-refractivity contribution in [3.63, 3.8) is 0 Å². The van der Waals surface area contributed by atoms with Gasteiger partial charge in [-0.1, -0.05) is 0 Å². The highest BCUT2D eigenvalue weighted by Gasteiger charge is 2.13. The van der Waals surface area contributed by atoms with Gasteiger partial charge in [-0.3, -0.25) is 0 Å². The first-order valence-corrected chi connectivity index (χ1v) is 2.42. The van der Waals surface area contributed by atoms with E-state index in [1.54, 1.807) is 0 Å². The lowest BCUT2D eigenvalue weighted by Crippen LogP contribution is -1.60. The molecule has 0 aromatic heterocycles. The molecule has 1 aliphatic heterocycles. The molecule has 0 aromatic carbocycles. The van der Waals surface area contributed by atoms with E-state index in [1.807, 2.05) is 0 Å². The average Bonchev–Trinajstić information content (AvgIpc) is 2.55. The Bertz CT molecular complexity index is 118. The van der Waals surface area contributed by atoms with E-state index >= 15 is 0 Å². The summed E-state index contributed by atoms with van der Waals surface area (Å²) in [7, 11) is 0. The van der Waals surface area contributed by atoms with Crippen LogP contribution in [-0.4, -0.2) is 24.9 Å². The van der Waals surface area contributed by atoms with E-state index in [-0.39, 0.29) is 0 Å². The van der Waals surface area contributed by atoms with Crippen LogP contribution < -0.4 is 0 Å². The first-order chi connectivity index (χ1) is 4.72. The van der Waals surface area contributed by atoms with Crippen LogP contribution in [0.3, 0.4) is 0 Å². The van der Waals surface area contributed by atoms with Crippen LogP contribution in [0, 0.1) is 10.8 Å². The summed E-state index contributed by atoms with van der Waals surface area (Å²) in [5.74, 6) is 0. The molecule has 0 radical (unpaired) electrons. The van der Waals surface area contributed by atoms with Gasteiger partial charge in [-0.05, 0) is 6.92 Å². The SMILES string of the molecule is CC1CO1.N=C=O.N=C=O. The minimum atomic E-state index is 0.583. The third-order valence-corrected chi connectivity index (χ3v) is 0.500. The zero-order valence-corrected chi connectivity index (χ0v) is 5.51. The van der Waals surface area contributed by atoms with Crippen LogP contribution in [0.2, 0.25) is 0 Å². The quantitative estimate of drug-likeness (QED) is 0.289. The Morgan fingerprint density at radius 2 is 1.50 bits per heavy atom. The third-order valence-electron chi connectivity index (χ3n) is 0.500. The smallest absolute Gasteiger partial charge is 0.231 e. The topological polar surface area (TPSA) is 94.4 Å². The van der Waals surface area contributed by atoms with Gasteiger partial charge in [0.05, 0.1) is 12.7 Å². The van der Waals surface area contributed by atoms with Crippen LogP contribution in [0.25, 0.3) is 0 Å². The second kappa shape index (κ2) is 10.7. The van der Waals surface area contributed by atoms with Crippen LogP contribution in [0.1, 0.15) is 6.92 Å². The molecule has 1 aliphatic rings. The van der Waals surface area contributed by atoms with Crippen molar-refractivity contribution in [2.45, 2.75) is 13.0 Å². The van der Waals surface area contributed by atoms with Crippen molar-refractivity contribution in [1.82, 2.24) is 0 Å². The highest BCUT2D eigenvalue weighted by Crippen LogP contribution is 2.04. The predicted octanol–water partition coefficient (Wildman–Crippen LogP) is 0.207. The van der Waals surface area contributed by atoms with E-state index in [0.717, 1.165) is 18.8 Å². The lowest BCUT2D eigenvalue weighted by Gasteiger charge is -1.50. The Kier molecular flexibility index (Phi) is 12.3. The lowest BCUT2D eigenvalue weighted by molar-refractivity contribution is 0.423. The Hall–Kier alpha value is -1.28. The van der Waals surface area contributed by atoms with E-state index in [2.05, 4.69) is 6.92 Å². The summed E-state index contributed by atoms with van der Waals surface area (Å²) in [4.78, 5) is 16.7. The highest BCUT2D eigenvalue weighted by molar-refractivity contribution is 5.26. The van der Waals surface area contributed by atoms with Crippen molar-refractivity contribution < 1.29 is 14.3 Å². The third kappa shape index (κ3) is 74.3. The zero-order chi connectivity index (χ0) is 8.41. The van der Waals surface area contributed by atoms with Crippen molar-refractivity contribution in [3.8, 4) is 0 Å². The summed E-state index contributed by atoms with van der Waals surface area (Å²) in [6, 6.07) is 0. The number of rotatable bonds is 0. The normalized spacial score (nSPS) is 17.5. The summed E-state index contributed by atoms with van der Waals surface area (Å²) in [5.41, 5.74) is 0.